The van der Waals surface area contributed by atoms with Gasteiger partial charge in [0.25, 0.3) is 0 Å². The van der Waals surface area contributed by atoms with Gasteiger partial charge in [0.2, 0.25) is 0 Å². The fourth-order valence-corrected chi connectivity index (χ4v) is 2.64. The summed E-state index contributed by atoms with van der Waals surface area (Å²) in [5, 5.41) is 0.722. The summed E-state index contributed by atoms with van der Waals surface area (Å²) in [5.41, 5.74) is -4.12. The highest BCUT2D eigenvalue weighted by Crippen LogP contribution is 2.30. The van der Waals surface area contributed by atoms with Crippen LogP contribution in [0.15, 0.2) is 0 Å². The Labute approximate surface area is 106 Å². The molecule has 0 aromatic carbocycles. The third-order valence-corrected chi connectivity index (χ3v) is 3.68. The summed E-state index contributed by atoms with van der Waals surface area (Å²) >= 11 is 3.37. The maximum Gasteiger partial charge on any atom is 0.441 e. The normalized spacial score (nSPS) is 28.3. The summed E-state index contributed by atoms with van der Waals surface area (Å²) < 4.78 is 41.4. The standard InChI is InChI=1S/C9H15BrF3NOS/c1-7-5-14(6-8(4-10)15-7)2-3-16-9(11,12)13/h7-8H,2-6H2,1H3. The predicted octanol–water partition coefficient (Wildman–Crippen LogP) is 2.72. The summed E-state index contributed by atoms with van der Waals surface area (Å²) in [6, 6.07) is 0. The first kappa shape index (κ1) is 14.6. The van der Waals surface area contributed by atoms with Crippen LogP contribution in [0.2, 0.25) is 0 Å². The zero-order chi connectivity index (χ0) is 12.2. The monoisotopic (exact) mass is 321 g/mol. The molecule has 1 aliphatic heterocycles. The molecule has 1 saturated heterocycles. The van der Waals surface area contributed by atoms with Crippen LogP contribution in [-0.2, 0) is 4.74 Å². The van der Waals surface area contributed by atoms with E-state index in [4.69, 9.17) is 4.74 Å². The van der Waals surface area contributed by atoms with Crippen molar-refractivity contribution in [1.82, 2.24) is 4.90 Å². The summed E-state index contributed by atoms with van der Waals surface area (Å²) in [5.74, 6) is 0.0885. The van der Waals surface area contributed by atoms with Gasteiger partial charge in [0, 0.05) is 30.7 Å². The second kappa shape index (κ2) is 6.47. The number of ether oxygens (including phenoxy) is 1. The van der Waals surface area contributed by atoms with Gasteiger partial charge in [0.05, 0.1) is 12.2 Å². The maximum atomic E-state index is 11.9. The Balaban J connectivity index is 2.26. The number of hydrogen-bond donors (Lipinski definition) is 0. The van der Waals surface area contributed by atoms with E-state index in [1.807, 2.05) is 11.8 Å². The van der Waals surface area contributed by atoms with Crippen molar-refractivity contribution in [1.29, 1.82) is 0 Å². The molecule has 0 aliphatic carbocycles. The molecular weight excluding hydrogens is 307 g/mol. The van der Waals surface area contributed by atoms with Gasteiger partial charge >= 0.3 is 5.51 Å². The van der Waals surface area contributed by atoms with Crippen LogP contribution >= 0.6 is 27.7 Å². The van der Waals surface area contributed by atoms with Gasteiger partial charge < -0.3 is 4.74 Å². The van der Waals surface area contributed by atoms with Crippen molar-refractivity contribution in [2.45, 2.75) is 24.6 Å². The second-order valence-electron chi connectivity index (χ2n) is 3.78. The van der Waals surface area contributed by atoms with Crippen LogP contribution in [0.3, 0.4) is 0 Å². The van der Waals surface area contributed by atoms with Crippen LogP contribution in [0, 0.1) is 0 Å². The van der Waals surface area contributed by atoms with E-state index in [-0.39, 0.29) is 29.7 Å². The Morgan fingerprint density at radius 2 is 2.12 bits per heavy atom. The number of thioether (sulfide) groups is 1. The lowest BCUT2D eigenvalue weighted by Crippen LogP contribution is -2.47. The van der Waals surface area contributed by atoms with Gasteiger partial charge in [0.1, 0.15) is 0 Å². The van der Waals surface area contributed by atoms with Gasteiger partial charge in [-0.05, 0) is 18.7 Å². The number of hydrogen-bond acceptors (Lipinski definition) is 3. The summed E-state index contributed by atoms with van der Waals surface area (Å²) in [4.78, 5) is 2.03. The molecule has 0 amide bonds. The largest absolute Gasteiger partial charge is 0.441 e. The highest BCUT2D eigenvalue weighted by Gasteiger charge is 2.29. The van der Waals surface area contributed by atoms with Crippen molar-refractivity contribution < 1.29 is 17.9 Å². The van der Waals surface area contributed by atoms with Crippen molar-refractivity contribution in [3.8, 4) is 0 Å². The van der Waals surface area contributed by atoms with Gasteiger partial charge in [-0.2, -0.15) is 13.2 Å². The van der Waals surface area contributed by atoms with E-state index in [1.165, 1.54) is 0 Å². The number of rotatable bonds is 4. The molecule has 0 aromatic rings. The third kappa shape index (κ3) is 5.75. The van der Waals surface area contributed by atoms with Crippen LogP contribution in [0.5, 0.6) is 0 Å². The van der Waals surface area contributed by atoms with Crippen molar-refractivity contribution in [2.75, 3.05) is 30.7 Å². The lowest BCUT2D eigenvalue weighted by Gasteiger charge is -2.36. The first-order valence-electron chi connectivity index (χ1n) is 5.05. The van der Waals surface area contributed by atoms with E-state index in [9.17, 15) is 13.2 Å². The van der Waals surface area contributed by atoms with Crippen molar-refractivity contribution >= 4 is 27.7 Å². The molecule has 1 heterocycles. The van der Waals surface area contributed by atoms with Gasteiger partial charge in [-0.15, -0.1) is 0 Å². The lowest BCUT2D eigenvalue weighted by molar-refractivity contribution is -0.0636. The second-order valence-corrected chi connectivity index (χ2v) is 5.58. The van der Waals surface area contributed by atoms with E-state index in [2.05, 4.69) is 15.9 Å². The third-order valence-electron chi connectivity index (χ3n) is 2.25. The van der Waals surface area contributed by atoms with E-state index in [0.29, 0.717) is 19.6 Å². The number of halogens is 4. The lowest BCUT2D eigenvalue weighted by atomic mass is 10.2. The van der Waals surface area contributed by atoms with Crippen LogP contribution in [0.1, 0.15) is 6.92 Å². The average Bonchev–Trinajstić information content (AvgIpc) is 2.14. The molecule has 0 spiro atoms. The first-order chi connectivity index (χ1) is 7.40. The SMILES string of the molecule is CC1CN(CCSC(F)(F)F)CC(CBr)O1. The van der Waals surface area contributed by atoms with Crippen LogP contribution in [0.25, 0.3) is 0 Å². The van der Waals surface area contributed by atoms with Crippen molar-refractivity contribution in [3.63, 3.8) is 0 Å². The Morgan fingerprint density at radius 1 is 1.44 bits per heavy atom. The van der Waals surface area contributed by atoms with E-state index < -0.39 is 5.51 Å². The van der Waals surface area contributed by atoms with Gasteiger partial charge in [-0.1, -0.05) is 15.9 Å². The van der Waals surface area contributed by atoms with E-state index >= 15 is 0 Å². The molecule has 96 valence electrons. The highest BCUT2D eigenvalue weighted by atomic mass is 79.9. The highest BCUT2D eigenvalue weighted by molar-refractivity contribution is 9.09. The molecule has 0 N–H and O–H groups in total. The van der Waals surface area contributed by atoms with E-state index in [1.54, 1.807) is 0 Å². The van der Waals surface area contributed by atoms with Crippen molar-refractivity contribution in [3.05, 3.63) is 0 Å². The summed E-state index contributed by atoms with van der Waals surface area (Å²) in [6.45, 7) is 3.82. The Morgan fingerprint density at radius 3 is 2.69 bits per heavy atom. The minimum absolute atomic E-state index is 0.0431. The fraction of sp³-hybridized carbons (Fsp3) is 1.00. The Hall–Kier alpha value is 0.540. The molecule has 0 saturated carbocycles. The quantitative estimate of drug-likeness (QED) is 0.739. The molecule has 2 nitrogen and oxygen atoms in total. The van der Waals surface area contributed by atoms with Crippen LogP contribution in [0.4, 0.5) is 13.2 Å². The number of alkyl halides is 4. The molecule has 1 rings (SSSR count). The first-order valence-corrected chi connectivity index (χ1v) is 7.16. The maximum absolute atomic E-state index is 11.9. The smallest absolute Gasteiger partial charge is 0.372 e. The minimum Gasteiger partial charge on any atom is -0.372 e. The molecule has 0 radical (unpaired) electrons. The topological polar surface area (TPSA) is 12.5 Å². The molecule has 1 aliphatic rings. The average molecular weight is 322 g/mol. The minimum atomic E-state index is -4.12. The van der Waals surface area contributed by atoms with Crippen LogP contribution in [-0.4, -0.2) is 53.3 Å². The van der Waals surface area contributed by atoms with Gasteiger partial charge in [-0.3, -0.25) is 4.90 Å². The van der Waals surface area contributed by atoms with Crippen LogP contribution < -0.4 is 0 Å². The predicted molar refractivity (Wildman–Crippen MR) is 63.1 cm³/mol. The van der Waals surface area contributed by atoms with Crippen molar-refractivity contribution in [2.24, 2.45) is 0 Å². The zero-order valence-electron chi connectivity index (χ0n) is 8.97. The summed E-state index contributed by atoms with van der Waals surface area (Å²) in [7, 11) is 0. The van der Waals surface area contributed by atoms with E-state index in [0.717, 1.165) is 5.33 Å². The molecule has 7 heteroatoms. The number of morpholine rings is 1. The molecule has 2 unspecified atom stereocenters. The summed E-state index contributed by atoms with van der Waals surface area (Å²) in [6.07, 6.45) is 0.173. The molecule has 1 fully saturated rings. The number of nitrogens with zero attached hydrogens (tertiary/aromatic N) is 1. The fourth-order valence-electron chi connectivity index (χ4n) is 1.70. The molecule has 2 atom stereocenters. The molecule has 0 bridgehead atoms. The Bertz CT molecular complexity index is 217. The van der Waals surface area contributed by atoms with Gasteiger partial charge in [-0.25, -0.2) is 0 Å². The molecular formula is C9H15BrF3NOS. The molecule has 0 aromatic heterocycles. The zero-order valence-corrected chi connectivity index (χ0v) is 11.4. The van der Waals surface area contributed by atoms with Gasteiger partial charge in [0.15, 0.2) is 0 Å². The molecule has 16 heavy (non-hydrogen) atoms. The Kier molecular flexibility index (Phi) is 5.90.